The van der Waals surface area contributed by atoms with Gasteiger partial charge in [-0.3, -0.25) is 0 Å². The van der Waals surface area contributed by atoms with Gasteiger partial charge in [0.25, 0.3) is 0 Å². The van der Waals surface area contributed by atoms with Gasteiger partial charge in [-0.2, -0.15) is 4.98 Å². The van der Waals surface area contributed by atoms with Crippen LogP contribution in [-0.4, -0.2) is 23.2 Å². The van der Waals surface area contributed by atoms with Crippen LogP contribution in [0.2, 0.25) is 0 Å². The molecule has 0 radical (unpaired) electrons. The molecule has 100 valence electrons. The molecule has 3 rings (SSSR count). The van der Waals surface area contributed by atoms with Crippen LogP contribution in [0.3, 0.4) is 0 Å². The first kappa shape index (κ1) is 12.2. The Kier molecular flexibility index (Phi) is 3.64. The fourth-order valence-corrected chi connectivity index (χ4v) is 3.33. The van der Waals surface area contributed by atoms with Crippen molar-refractivity contribution in [3.63, 3.8) is 0 Å². The molecule has 0 amide bonds. The van der Waals surface area contributed by atoms with Crippen LogP contribution >= 0.6 is 0 Å². The Labute approximate surface area is 109 Å². The molecule has 4 nitrogen and oxygen atoms in total. The Morgan fingerprint density at radius 3 is 2.72 bits per heavy atom. The fraction of sp³-hybridized carbons (Fsp3) is 0.857. The summed E-state index contributed by atoms with van der Waals surface area (Å²) in [6.07, 6.45) is 7.37. The van der Waals surface area contributed by atoms with Crippen LogP contribution in [0.5, 0.6) is 0 Å². The van der Waals surface area contributed by atoms with E-state index in [0.29, 0.717) is 11.8 Å². The highest BCUT2D eigenvalue weighted by molar-refractivity contribution is 5.02. The standard InChI is InChI=1S/C14H23N3O/c1-2-10-3-4-12(9-10)13-16-14(18-17-13)11-5-7-15-8-6-11/h10-12,15H,2-9H2,1H3. The molecule has 1 saturated carbocycles. The number of hydrogen-bond acceptors (Lipinski definition) is 4. The van der Waals surface area contributed by atoms with E-state index in [2.05, 4.69) is 22.4 Å². The second-order valence-corrected chi connectivity index (χ2v) is 5.80. The summed E-state index contributed by atoms with van der Waals surface area (Å²) in [7, 11) is 0. The van der Waals surface area contributed by atoms with Gasteiger partial charge in [-0.25, -0.2) is 0 Å². The van der Waals surface area contributed by atoms with E-state index < -0.39 is 0 Å². The molecule has 1 saturated heterocycles. The highest BCUT2D eigenvalue weighted by Gasteiger charge is 2.29. The number of rotatable bonds is 3. The third-order valence-electron chi connectivity index (χ3n) is 4.63. The van der Waals surface area contributed by atoms with Crippen LogP contribution < -0.4 is 5.32 Å². The Hall–Kier alpha value is -0.900. The van der Waals surface area contributed by atoms with Crippen LogP contribution in [0, 0.1) is 5.92 Å². The smallest absolute Gasteiger partial charge is 0.229 e. The lowest BCUT2D eigenvalue weighted by Crippen LogP contribution is -2.26. The maximum absolute atomic E-state index is 5.50. The van der Waals surface area contributed by atoms with Crippen LogP contribution in [0.1, 0.15) is 69.0 Å². The Balaban J connectivity index is 1.66. The molecule has 18 heavy (non-hydrogen) atoms. The van der Waals surface area contributed by atoms with Crippen LogP contribution in [0.25, 0.3) is 0 Å². The lowest BCUT2D eigenvalue weighted by Gasteiger charge is -2.18. The number of nitrogens with zero attached hydrogens (tertiary/aromatic N) is 2. The summed E-state index contributed by atoms with van der Waals surface area (Å²) >= 11 is 0. The fourth-order valence-electron chi connectivity index (χ4n) is 3.33. The topological polar surface area (TPSA) is 51.0 Å². The van der Waals surface area contributed by atoms with Gasteiger partial charge in [0.2, 0.25) is 5.89 Å². The molecule has 1 aromatic heterocycles. The summed E-state index contributed by atoms with van der Waals surface area (Å²) in [4.78, 5) is 4.68. The van der Waals surface area contributed by atoms with Gasteiger partial charge >= 0.3 is 0 Å². The highest BCUT2D eigenvalue weighted by Crippen LogP contribution is 2.39. The van der Waals surface area contributed by atoms with E-state index in [1.54, 1.807) is 0 Å². The molecule has 2 heterocycles. The SMILES string of the molecule is CCC1CCC(c2noc(C3CCNCC3)n2)C1. The molecule has 2 fully saturated rings. The minimum atomic E-state index is 0.482. The van der Waals surface area contributed by atoms with Gasteiger partial charge in [-0.05, 0) is 51.1 Å². The van der Waals surface area contributed by atoms with Crippen molar-refractivity contribution >= 4 is 0 Å². The Morgan fingerprint density at radius 2 is 2.00 bits per heavy atom. The molecule has 0 spiro atoms. The third-order valence-corrected chi connectivity index (χ3v) is 4.63. The average molecular weight is 249 g/mol. The molecule has 1 aliphatic heterocycles. The van der Waals surface area contributed by atoms with Gasteiger partial charge in [-0.15, -0.1) is 0 Å². The van der Waals surface area contributed by atoms with Crippen molar-refractivity contribution in [2.75, 3.05) is 13.1 Å². The van der Waals surface area contributed by atoms with Gasteiger partial charge in [0.15, 0.2) is 5.82 Å². The highest BCUT2D eigenvalue weighted by atomic mass is 16.5. The van der Waals surface area contributed by atoms with Crippen LogP contribution in [0.15, 0.2) is 4.52 Å². The molecule has 2 aliphatic rings. The predicted octanol–water partition coefficient (Wildman–Crippen LogP) is 2.83. The molecular weight excluding hydrogens is 226 g/mol. The third kappa shape index (κ3) is 2.44. The van der Waals surface area contributed by atoms with Crippen molar-refractivity contribution in [3.05, 3.63) is 11.7 Å². The largest absolute Gasteiger partial charge is 0.339 e. The number of nitrogens with one attached hydrogen (secondary N) is 1. The summed E-state index contributed by atoms with van der Waals surface area (Å²) in [5, 5.41) is 7.61. The summed E-state index contributed by atoms with van der Waals surface area (Å²) in [6.45, 7) is 4.43. The maximum Gasteiger partial charge on any atom is 0.229 e. The normalized spacial score (nSPS) is 29.8. The monoisotopic (exact) mass is 249 g/mol. The van der Waals surface area contributed by atoms with Crippen molar-refractivity contribution in [3.8, 4) is 0 Å². The molecule has 4 heteroatoms. The zero-order valence-electron chi connectivity index (χ0n) is 11.2. The Morgan fingerprint density at radius 1 is 1.17 bits per heavy atom. The summed E-state index contributed by atoms with van der Waals surface area (Å²) in [5.74, 6) is 3.76. The second-order valence-electron chi connectivity index (χ2n) is 5.80. The first-order valence-corrected chi connectivity index (χ1v) is 7.41. The summed E-state index contributed by atoms with van der Waals surface area (Å²) in [5.41, 5.74) is 0. The average Bonchev–Trinajstić information content (AvgIpc) is 3.08. The van der Waals surface area contributed by atoms with Crippen molar-refractivity contribution < 1.29 is 4.52 Å². The molecule has 0 aromatic carbocycles. The molecule has 0 bridgehead atoms. The number of aromatic nitrogens is 2. The van der Waals surface area contributed by atoms with E-state index in [4.69, 9.17) is 4.52 Å². The lowest BCUT2D eigenvalue weighted by molar-refractivity contribution is 0.317. The van der Waals surface area contributed by atoms with Gasteiger partial charge in [0, 0.05) is 11.8 Å². The van der Waals surface area contributed by atoms with Gasteiger partial charge in [-0.1, -0.05) is 18.5 Å². The van der Waals surface area contributed by atoms with Crippen molar-refractivity contribution in [2.45, 2.75) is 57.3 Å². The van der Waals surface area contributed by atoms with Crippen molar-refractivity contribution in [1.82, 2.24) is 15.5 Å². The quantitative estimate of drug-likeness (QED) is 0.895. The second kappa shape index (κ2) is 5.39. The molecule has 1 N–H and O–H groups in total. The van der Waals surface area contributed by atoms with E-state index in [1.165, 1.54) is 25.7 Å². The first-order valence-electron chi connectivity index (χ1n) is 7.41. The van der Waals surface area contributed by atoms with E-state index in [9.17, 15) is 0 Å². The van der Waals surface area contributed by atoms with Crippen LogP contribution in [0.4, 0.5) is 0 Å². The van der Waals surface area contributed by atoms with Crippen molar-refractivity contribution in [1.29, 1.82) is 0 Å². The van der Waals surface area contributed by atoms with Crippen molar-refractivity contribution in [2.24, 2.45) is 5.92 Å². The molecule has 1 aliphatic carbocycles. The van der Waals surface area contributed by atoms with Gasteiger partial charge < -0.3 is 9.84 Å². The van der Waals surface area contributed by atoms with E-state index in [0.717, 1.165) is 43.6 Å². The zero-order valence-corrected chi connectivity index (χ0v) is 11.2. The molecular formula is C14H23N3O. The molecule has 1 aromatic rings. The minimum Gasteiger partial charge on any atom is -0.339 e. The lowest BCUT2D eigenvalue weighted by atomic mass is 9.98. The minimum absolute atomic E-state index is 0.482. The zero-order chi connectivity index (χ0) is 12.4. The number of hydrogen-bond donors (Lipinski definition) is 1. The maximum atomic E-state index is 5.50. The number of piperidine rings is 1. The van der Waals surface area contributed by atoms with Gasteiger partial charge in [0.05, 0.1) is 0 Å². The molecule has 2 unspecified atom stereocenters. The van der Waals surface area contributed by atoms with E-state index in [1.807, 2.05) is 0 Å². The molecule has 2 atom stereocenters. The summed E-state index contributed by atoms with van der Waals surface area (Å²) < 4.78 is 5.50. The van der Waals surface area contributed by atoms with Gasteiger partial charge in [0.1, 0.15) is 0 Å². The predicted molar refractivity (Wildman–Crippen MR) is 69.5 cm³/mol. The summed E-state index contributed by atoms with van der Waals surface area (Å²) in [6, 6.07) is 0. The van der Waals surface area contributed by atoms with E-state index in [-0.39, 0.29) is 0 Å². The van der Waals surface area contributed by atoms with E-state index >= 15 is 0 Å². The van der Waals surface area contributed by atoms with Crippen LogP contribution in [-0.2, 0) is 0 Å². The first-order chi connectivity index (χ1) is 8.86. The Bertz CT molecular complexity index is 384.